The second kappa shape index (κ2) is 7.83. The Morgan fingerprint density at radius 2 is 1.88 bits per heavy atom. The van der Waals surface area contributed by atoms with Gasteiger partial charge in [-0.05, 0) is 29.2 Å². The first-order valence-electron chi connectivity index (χ1n) is 8.94. The number of nitrogens with one attached hydrogen (secondary N) is 1. The number of carbonyl (C=O) groups excluding carboxylic acids is 1. The van der Waals surface area contributed by atoms with Gasteiger partial charge in [-0.3, -0.25) is 4.79 Å². The molecule has 1 saturated heterocycles. The van der Waals surface area contributed by atoms with Crippen molar-refractivity contribution in [3.8, 4) is 11.8 Å². The van der Waals surface area contributed by atoms with E-state index < -0.39 is 0 Å². The predicted octanol–water partition coefficient (Wildman–Crippen LogP) is 3.01. The fourth-order valence-corrected chi connectivity index (χ4v) is 3.02. The largest absolute Gasteiger partial charge is 0.424 e. The molecule has 0 radical (unpaired) electrons. The van der Waals surface area contributed by atoms with E-state index in [9.17, 15) is 4.79 Å². The van der Waals surface area contributed by atoms with Crippen LogP contribution in [0.15, 0.2) is 42.7 Å². The van der Waals surface area contributed by atoms with Crippen LogP contribution in [0.3, 0.4) is 0 Å². The van der Waals surface area contributed by atoms with Crippen molar-refractivity contribution >= 4 is 5.91 Å². The van der Waals surface area contributed by atoms with E-state index in [1.54, 1.807) is 18.5 Å². The number of hydrogen-bond donors (Lipinski definition) is 1. The molecule has 26 heavy (non-hydrogen) atoms. The van der Waals surface area contributed by atoms with Crippen LogP contribution in [0.25, 0.3) is 0 Å². The van der Waals surface area contributed by atoms with Crippen molar-refractivity contribution in [1.29, 1.82) is 0 Å². The quantitative estimate of drug-likeness (QED) is 0.864. The molecule has 2 aromatic rings. The van der Waals surface area contributed by atoms with Crippen molar-refractivity contribution in [3.05, 3.63) is 48.3 Å². The molecule has 1 amide bonds. The van der Waals surface area contributed by atoms with Gasteiger partial charge in [0.25, 0.3) is 0 Å². The van der Waals surface area contributed by atoms with Gasteiger partial charge in [-0.25, -0.2) is 9.97 Å². The summed E-state index contributed by atoms with van der Waals surface area (Å²) in [4.78, 5) is 22.2. The molecule has 0 spiro atoms. The lowest BCUT2D eigenvalue weighted by Gasteiger charge is -2.26. The summed E-state index contributed by atoms with van der Waals surface area (Å²) in [6, 6.07) is 10.1. The Bertz CT molecular complexity index is 726. The maximum absolute atomic E-state index is 12.1. The molecule has 0 aliphatic carbocycles. The smallest absolute Gasteiger partial charge is 0.321 e. The van der Waals surface area contributed by atoms with Gasteiger partial charge in [0, 0.05) is 44.5 Å². The van der Waals surface area contributed by atoms with Gasteiger partial charge in [-0.2, -0.15) is 0 Å². The third kappa shape index (κ3) is 5.26. The van der Waals surface area contributed by atoms with Crippen molar-refractivity contribution in [2.45, 2.75) is 39.8 Å². The van der Waals surface area contributed by atoms with Gasteiger partial charge in [0.05, 0.1) is 0 Å². The zero-order chi connectivity index (χ0) is 18.6. The number of benzene rings is 1. The molecule has 3 rings (SSSR count). The first kappa shape index (κ1) is 18.3. The fourth-order valence-electron chi connectivity index (χ4n) is 3.02. The summed E-state index contributed by atoms with van der Waals surface area (Å²) in [6.45, 7) is 8.78. The molecule has 6 heteroatoms. The van der Waals surface area contributed by atoms with Crippen LogP contribution < -0.4 is 10.1 Å². The van der Waals surface area contributed by atoms with Crippen molar-refractivity contribution in [3.63, 3.8) is 0 Å². The summed E-state index contributed by atoms with van der Waals surface area (Å²) in [7, 11) is 0. The summed E-state index contributed by atoms with van der Waals surface area (Å²) >= 11 is 0. The minimum absolute atomic E-state index is 0.128. The van der Waals surface area contributed by atoms with Crippen LogP contribution in [-0.4, -0.2) is 39.9 Å². The van der Waals surface area contributed by atoms with E-state index in [1.165, 1.54) is 0 Å². The summed E-state index contributed by atoms with van der Waals surface area (Å²) in [5.74, 6) is 0.941. The van der Waals surface area contributed by atoms with E-state index in [0.29, 0.717) is 18.2 Å². The monoisotopic (exact) mass is 354 g/mol. The Kier molecular flexibility index (Phi) is 5.52. The van der Waals surface area contributed by atoms with Crippen LogP contribution in [-0.2, 0) is 11.3 Å². The van der Waals surface area contributed by atoms with Crippen LogP contribution in [0.4, 0.5) is 0 Å². The number of aromatic nitrogens is 2. The molecule has 1 aliphatic rings. The van der Waals surface area contributed by atoms with E-state index in [4.69, 9.17) is 4.74 Å². The zero-order valence-corrected chi connectivity index (χ0v) is 15.6. The Labute approximate surface area is 154 Å². The molecule has 6 nitrogen and oxygen atoms in total. The van der Waals surface area contributed by atoms with Gasteiger partial charge in [-0.1, -0.05) is 32.9 Å². The van der Waals surface area contributed by atoms with Crippen molar-refractivity contribution < 1.29 is 9.53 Å². The second-order valence-electron chi connectivity index (χ2n) is 7.89. The highest BCUT2D eigenvalue weighted by molar-refractivity contribution is 5.79. The van der Waals surface area contributed by atoms with Crippen molar-refractivity contribution in [2.75, 3.05) is 13.1 Å². The van der Waals surface area contributed by atoms with E-state index >= 15 is 0 Å². The van der Waals surface area contributed by atoms with E-state index in [1.807, 2.05) is 29.2 Å². The molecule has 1 aromatic carbocycles. The number of amides is 1. The summed E-state index contributed by atoms with van der Waals surface area (Å²) in [5.41, 5.74) is 1.27. The zero-order valence-electron chi connectivity index (χ0n) is 15.6. The SMILES string of the molecule is CC(C)(C)CN1C[C@@H](NCc2ccc(Oc3ncccn3)cc2)CC1=O. The van der Waals surface area contributed by atoms with Gasteiger partial charge in [0.2, 0.25) is 5.91 Å². The van der Waals surface area contributed by atoms with Crippen LogP contribution >= 0.6 is 0 Å². The molecule has 1 fully saturated rings. The number of carbonyl (C=O) groups is 1. The standard InChI is InChI=1S/C20H26N4O2/c1-20(2,3)14-24-13-16(11-18(24)25)23-12-15-5-7-17(8-6-15)26-19-21-9-4-10-22-19/h4-10,16,23H,11-14H2,1-3H3/t16-/m0/s1. The normalized spacial score (nSPS) is 17.6. The average molecular weight is 354 g/mol. The first-order valence-corrected chi connectivity index (χ1v) is 8.94. The highest BCUT2D eigenvalue weighted by Crippen LogP contribution is 2.21. The van der Waals surface area contributed by atoms with Gasteiger partial charge in [-0.15, -0.1) is 0 Å². The number of ether oxygens (including phenoxy) is 1. The van der Waals surface area contributed by atoms with E-state index in [-0.39, 0.29) is 17.4 Å². The van der Waals surface area contributed by atoms with Gasteiger partial charge in [0.15, 0.2) is 0 Å². The number of rotatable bonds is 6. The number of nitrogens with zero attached hydrogens (tertiary/aromatic N) is 3. The van der Waals surface area contributed by atoms with Crippen molar-refractivity contribution in [1.82, 2.24) is 20.2 Å². The number of hydrogen-bond acceptors (Lipinski definition) is 5. The Hall–Kier alpha value is -2.47. The van der Waals surface area contributed by atoms with Crippen LogP contribution in [0, 0.1) is 5.41 Å². The number of likely N-dealkylation sites (tertiary alicyclic amines) is 1. The first-order chi connectivity index (χ1) is 12.4. The third-order valence-corrected chi connectivity index (χ3v) is 4.15. The molecule has 138 valence electrons. The lowest BCUT2D eigenvalue weighted by molar-refractivity contribution is -0.128. The molecule has 0 unspecified atom stereocenters. The third-order valence-electron chi connectivity index (χ3n) is 4.15. The summed E-state index contributed by atoms with van der Waals surface area (Å²) in [5, 5.41) is 3.49. The van der Waals surface area contributed by atoms with Crippen LogP contribution in [0.2, 0.25) is 0 Å². The lowest BCUT2D eigenvalue weighted by Crippen LogP contribution is -2.36. The lowest BCUT2D eigenvalue weighted by atomic mass is 9.96. The molecule has 0 saturated carbocycles. The minimum Gasteiger partial charge on any atom is -0.424 e. The van der Waals surface area contributed by atoms with Gasteiger partial charge in [0.1, 0.15) is 5.75 Å². The molecule has 1 aromatic heterocycles. The predicted molar refractivity (Wildman–Crippen MR) is 99.8 cm³/mol. The summed E-state index contributed by atoms with van der Waals surface area (Å²) < 4.78 is 5.59. The maximum atomic E-state index is 12.1. The Balaban J connectivity index is 1.49. The molecule has 1 atom stereocenters. The van der Waals surface area contributed by atoms with Gasteiger partial charge < -0.3 is 15.0 Å². The minimum atomic E-state index is 0.128. The van der Waals surface area contributed by atoms with Crippen molar-refractivity contribution in [2.24, 2.45) is 5.41 Å². The Morgan fingerprint density at radius 1 is 1.19 bits per heavy atom. The van der Waals surface area contributed by atoms with E-state index in [0.717, 1.165) is 25.2 Å². The van der Waals surface area contributed by atoms with Gasteiger partial charge >= 0.3 is 6.01 Å². The maximum Gasteiger partial charge on any atom is 0.321 e. The fraction of sp³-hybridized carbons (Fsp3) is 0.450. The van der Waals surface area contributed by atoms with Crippen LogP contribution in [0.5, 0.6) is 11.8 Å². The van der Waals surface area contributed by atoms with E-state index in [2.05, 4.69) is 36.1 Å². The molecule has 2 heterocycles. The molecule has 0 bridgehead atoms. The summed E-state index contributed by atoms with van der Waals surface area (Å²) in [6.07, 6.45) is 3.86. The average Bonchev–Trinajstić information content (AvgIpc) is 2.93. The second-order valence-corrected chi connectivity index (χ2v) is 7.89. The highest BCUT2D eigenvalue weighted by atomic mass is 16.5. The highest BCUT2D eigenvalue weighted by Gasteiger charge is 2.31. The molecular formula is C20H26N4O2. The topological polar surface area (TPSA) is 67.3 Å². The molecular weight excluding hydrogens is 328 g/mol. The molecule has 1 aliphatic heterocycles. The van der Waals surface area contributed by atoms with Crippen LogP contribution in [0.1, 0.15) is 32.8 Å². The molecule has 1 N–H and O–H groups in total. The Morgan fingerprint density at radius 3 is 2.54 bits per heavy atom.